The minimum atomic E-state index is -0.0571. The predicted molar refractivity (Wildman–Crippen MR) is 274 cm³/mol. The van der Waals surface area contributed by atoms with E-state index in [9.17, 15) is 0 Å². The molecule has 2 heterocycles. The summed E-state index contributed by atoms with van der Waals surface area (Å²) in [5.74, 6) is 1.75. The molecule has 2 aliphatic carbocycles. The van der Waals surface area contributed by atoms with E-state index < -0.39 is 0 Å². The van der Waals surface area contributed by atoms with Crippen molar-refractivity contribution in [2.45, 2.75) is 64.2 Å². The van der Waals surface area contributed by atoms with Gasteiger partial charge in [-0.05, 0) is 152 Å². The highest BCUT2D eigenvalue weighted by Crippen LogP contribution is 2.55. The average molecular weight is 883 g/mol. The van der Waals surface area contributed by atoms with Gasteiger partial charge in [-0.25, -0.2) is 0 Å². The Kier molecular flexibility index (Phi) is 10.0. The van der Waals surface area contributed by atoms with Gasteiger partial charge in [0, 0.05) is 33.1 Å². The maximum Gasteiger partial charge on any atom is 0.248 e. The summed E-state index contributed by atoms with van der Waals surface area (Å²) >= 11 is 0. The van der Waals surface area contributed by atoms with Crippen LogP contribution in [0.3, 0.4) is 0 Å². The lowest BCUT2D eigenvalue weighted by molar-refractivity contribution is 0.490. The maximum atomic E-state index is 6.63. The largest absolute Gasteiger partial charge is 0.416 e. The van der Waals surface area contributed by atoms with Crippen LogP contribution in [0.4, 0.5) is 0 Å². The van der Waals surface area contributed by atoms with E-state index in [-0.39, 0.29) is 10.8 Å². The summed E-state index contributed by atoms with van der Waals surface area (Å²) in [6.07, 6.45) is 4.07. The molecule has 6 nitrogen and oxygen atoms in total. The van der Waals surface area contributed by atoms with Gasteiger partial charge < -0.3 is 8.83 Å². The highest BCUT2D eigenvalue weighted by Gasteiger charge is 2.42. The number of hydrogen-bond donors (Lipinski definition) is 0. The summed E-state index contributed by atoms with van der Waals surface area (Å²) in [4.78, 5) is 0. The van der Waals surface area contributed by atoms with Crippen molar-refractivity contribution < 1.29 is 8.83 Å². The van der Waals surface area contributed by atoms with Crippen molar-refractivity contribution in [2.75, 3.05) is 0 Å². The zero-order valence-electron chi connectivity index (χ0n) is 38.8. The van der Waals surface area contributed by atoms with Crippen LogP contribution in [-0.4, -0.2) is 20.4 Å². The maximum absolute atomic E-state index is 6.63. The van der Waals surface area contributed by atoms with E-state index in [1.165, 1.54) is 44.5 Å². The smallest absolute Gasteiger partial charge is 0.248 e. The fraction of sp³-hybridized carbons (Fsp3) is 0.161. The second kappa shape index (κ2) is 16.4. The molecule has 8 aromatic carbocycles. The van der Waals surface area contributed by atoms with Gasteiger partial charge in [0.15, 0.2) is 0 Å². The van der Waals surface area contributed by atoms with Crippen molar-refractivity contribution in [3.05, 3.63) is 204 Å². The van der Waals surface area contributed by atoms with Gasteiger partial charge in [0.05, 0.1) is 0 Å². The molecule has 0 atom stereocenters. The Hall–Kier alpha value is -7.96. The number of aromatic nitrogens is 4. The third-order valence-corrected chi connectivity index (χ3v) is 15.3. The molecule has 12 rings (SSSR count). The molecular weight excluding hydrogens is 833 g/mol. The predicted octanol–water partition coefficient (Wildman–Crippen LogP) is 16.3. The van der Waals surface area contributed by atoms with Crippen molar-refractivity contribution in [1.29, 1.82) is 0 Å². The van der Waals surface area contributed by atoms with Crippen molar-refractivity contribution in [1.82, 2.24) is 20.4 Å². The Balaban J connectivity index is 1.04. The Morgan fingerprint density at radius 1 is 0.279 bits per heavy atom. The lowest BCUT2D eigenvalue weighted by Gasteiger charge is -2.30. The number of fused-ring (bicyclic) bond motifs is 6. The van der Waals surface area contributed by atoms with Gasteiger partial charge in [0.25, 0.3) is 0 Å². The molecule has 0 aliphatic heterocycles. The third-order valence-electron chi connectivity index (χ3n) is 15.3. The summed E-state index contributed by atoms with van der Waals surface area (Å²) < 4.78 is 13.3. The van der Waals surface area contributed by atoms with Crippen LogP contribution in [0.15, 0.2) is 191 Å². The van der Waals surface area contributed by atoms with Crippen molar-refractivity contribution >= 4 is 0 Å². The monoisotopic (exact) mass is 882 g/mol. The van der Waals surface area contributed by atoms with Gasteiger partial charge in [0.2, 0.25) is 23.6 Å². The fourth-order valence-electron chi connectivity index (χ4n) is 11.6. The van der Waals surface area contributed by atoms with Crippen LogP contribution in [0.25, 0.3) is 101 Å². The van der Waals surface area contributed by atoms with Crippen LogP contribution in [0.2, 0.25) is 0 Å². The summed E-state index contributed by atoms with van der Waals surface area (Å²) in [5, 5.41) is 18.7. The molecule has 0 amide bonds. The van der Waals surface area contributed by atoms with E-state index in [2.05, 4.69) is 159 Å². The minimum Gasteiger partial charge on any atom is -0.416 e. The summed E-state index contributed by atoms with van der Waals surface area (Å²) in [5.41, 5.74) is 20.3. The minimum absolute atomic E-state index is 0.0571. The standard InChI is InChI=1S/C62H50N4O2/c1-5-61(6-2)53-25-17-15-23-47(53)49-33-29-43(37-55(49)61)41-27-31-45(51(35-41)59-65-63-57(67-59)39-19-11-9-12-20-39)46-32-28-42(36-52(46)60-66-64-58(68-60)40-21-13-10-14-22-40)44-30-34-50-48-24-16-18-26-54(48)62(7-3,8-4)56(50)38-44/h9-38H,5-8H2,1-4H3. The van der Waals surface area contributed by atoms with Crippen LogP contribution >= 0.6 is 0 Å². The summed E-state index contributed by atoms with van der Waals surface area (Å²) in [7, 11) is 0. The van der Waals surface area contributed by atoms with Gasteiger partial charge in [-0.3, -0.25) is 0 Å². The Labute approximate surface area is 397 Å². The van der Waals surface area contributed by atoms with E-state index >= 15 is 0 Å². The average Bonchev–Trinajstić information content (AvgIpc) is 4.22. The van der Waals surface area contributed by atoms with Crippen LogP contribution < -0.4 is 0 Å². The Morgan fingerprint density at radius 3 is 1.00 bits per heavy atom. The van der Waals surface area contributed by atoms with Crippen LogP contribution in [0.1, 0.15) is 75.6 Å². The summed E-state index contributed by atoms with van der Waals surface area (Å²) in [6, 6.07) is 64.9. The molecule has 10 aromatic rings. The van der Waals surface area contributed by atoms with Crippen molar-refractivity contribution in [2.24, 2.45) is 0 Å². The van der Waals surface area contributed by atoms with E-state index in [1.807, 2.05) is 60.7 Å². The van der Waals surface area contributed by atoms with Gasteiger partial charge >= 0.3 is 0 Å². The van der Waals surface area contributed by atoms with E-state index in [4.69, 9.17) is 19.0 Å². The van der Waals surface area contributed by atoms with Crippen LogP contribution in [0.5, 0.6) is 0 Å². The lowest BCUT2D eigenvalue weighted by Crippen LogP contribution is -2.23. The first-order valence-corrected chi connectivity index (χ1v) is 24.0. The molecule has 0 bridgehead atoms. The molecule has 2 aliphatic rings. The lowest BCUT2D eigenvalue weighted by atomic mass is 9.73. The number of benzene rings is 8. The molecule has 2 aromatic heterocycles. The van der Waals surface area contributed by atoms with E-state index in [1.54, 1.807) is 0 Å². The molecule has 330 valence electrons. The molecule has 0 fully saturated rings. The second-order valence-electron chi connectivity index (χ2n) is 18.3. The molecular formula is C62H50N4O2. The molecule has 0 saturated carbocycles. The zero-order chi connectivity index (χ0) is 46.0. The SMILES string of the molecule is CCC1(CC)c2ccccc2-c2ccc(-c3ccc(-c4ccc(-c5ccc6c(c5)C(CC)(CC)c5ccccc5-6)cc4-c4nnc(-c5ccccc5)o4)c(-c4nnc(-c5ccccc5)o4)c3)cc21. The van der Waals surface area contributed by atoms with Gasteiger partial charge in [-0.2, -0.15) is 0 Å². The number of nitrogens with zero attached hydrogens (tertiary/aromatic N) is 4. The topological polar surface area (TPSA) is 77.8 Å². The Morgan fingerprint density at radius 2 is 0.603 bits per heavy atom. The molecule has 0 N–H and O–H groups in total. The second-order valence-corrected chi connectivity index (χ2v) is 18.3. The quantitative estimate of drug-likeness (QED) is 0.129. The molecule has 0 unspecified atom stereocenters. The number of hydrogen-bond acceptors (Lipinski definition) is 6. The van der Waals surface area contributed by atoms with E-state index in [0.717, 1.165) is 81.3 Å². The summed E-state index contributed by atoms with van der Waals surface area (Å²) in [6.45, 7) is 9.27. The zero-order valence-corrected chi connectivity index (χ0v) is 38.8. The first kappa shape index (κ1) is 41.5. The molecule has 0 saturated heterocycles. The molecule has 0 radical (unpaired) electrons. The molecule has 0 spiro atoms. The first-order valence-electron chi connectivity index (χ1n) is 24.0. The Bertz CT molecular complexity index is 3290. The van der Waals surface area contributed by atoms with E-state index in [0.29, 0.717) is 23.6 Å². The van der Waals surface area contributed by atoms with Gasteiger partial charge in [0.1, 0.15) is 0 Å². The van der Waals surface area contributed by atoms with Gasteiger partial charge in [-0.15, -0.1) is 20.4 Å². The first-order chi connectivity index (χ1) is 33.5. The van der Waals surface area contributed by atoms with Crippen LogP contribution in [0, 0.1) is 0 Å². The van der Waals surface area contributed by atoms with Gasteiger partial charge in [-0.1, -0.05) is 161 Å². The molecule has 6 heteroatoms. The highest BCUT2D eigenvalue weighted by molar-refractivity contribution is 5.94. The van der Waals surface area contributed by atoms with Crippen molar-refractivity contribution in [3.8, 4) is 101 Å². The normalized spacial score (nSPS) is 13.8. The van der Waals surface area contributed by atoms with Crippen LogP contribution in [-0.2, 0) is 10.8 Å². The highest BCUT2D eigenvalue weighted by atomic mass is 16.4. The van der Waals surface area contributed by atoms with Crippen molar-refractivity contribution in [3.63, 3.8) is 0 Å². The molecule has 68 heavy (non-hydrogen) atoms. The third kappa shape index (κ3) is 6.38. The fourth-order valence-corrected chi connectivity index (χ4v) is 11.6. The number of rotatable bonds is 11.